The lowest BCUT2D eigenvalue weighted by atomic mass is 10.0. The molecule has 10 nitrogen and oxygen atoms in total. The van der Waals surface area contributed by atoms with E-state index in [9.17, 15) is 23.6 Å². The van der Waals surface area contributed by atoms with Gasteiger partial charge in [-0.2, -0.15) is 0 Å². The Morgan fingerprint density at radius 1 is 1.29 bits per heavy atom. The van der Waals surface area contributed by atoms with Crippen molar-refractivity contribution in [2.45, 2.75) is 25.3 Å². The maximum absolute atomic E-state index is 14.5. The second-order valence-corrected chi connectivity index (χ2v) is 6.53. The fourth-order valence-electron chi connectivity index (χ4n) is 3.32. The summed E-state index contributed by atoms with van der Waals surface area (Å²) in [5.74, 6) is -3.32. The average molecular weight is 388 g/mol. The third-order valence-electron chi connectivity index (χ3n) is 4.73. The van der Waals surface area contributed by atoms with Crippen LogP contribution in [-0.4, -0.2) is 54.7 Å². The normalized spacial score (nSPS) is 18.6. The van der Waals surface area contributed by atoms with E-state index in [1.165, 1.54) is 6.07 Å². The summed E-state index contributed by atoms with van der Waals surface area (Å²) in [6, 6.07) is 1.17. The van der Waals surface area contributed by atoms with Crippen molar-refractivity contribution >= 4 is 29.3 Å². The number of rotatable bonds is 6. The highest BCUT2D eigenvalue weighted by Gasteiger charge is 2.45. The first-order valence-electron chi connectivity index (χ1n) is 8.62. The van der Waals surface area contributed by atoms with E-state index in [0.717, 1.165) is 11.0 Å². The van der Waals surface area contributed by atoms with Gasteiger partial charge in [0, 0.05) is 31.5 Å². The van der Waals surface area contributed by atoms with Crippen molar-refractivity contribution in [2.24, 2.45) is 5.11 Å². The van der Waals surface area contributed by atoms with E-state index >= 15 is 0 Å². The van der Waals surface area contributed by atoms with Crippen LogP contribution in [-0.2, 0) is 9.59 Å². The topological polar surface area (TPSA) is 136 Å². The number of amides is 4. The highest BCUT2D eigenvalue weighted by molar-refractivity contribution is 6.23. The number of imide groups is 2. The van der Waals surface area contributed by atoms with E-state index in [0.29, 0.717) is 13.0 Å². The summed E-state index contributed by atoms with van der Waals surface area (Å²) < 4.78 is 14.5. The zero-order valence-electron chi connectivity index (χ0n) is 15.0. The first kappa shape index (κ1) is 19.3. The molecule has 4 amide bonds. The molecule has 2 aliphatic heterocycles. The van der Waals surface area contributed by atoms with Gasteiger partial charge in [-0.1, -0.05) is 5.11 Å². The number of anilines is 1. The molecule has 146 valence electrons. The molecule has 2 heterocycles. The smallest absolute Gasteiger partial charge is 0.262 e. The van der Waals surface area contributed by atoms with Crippen LogP contribution in [0.1, 0.15) is 40.0 Å². The summed E-state index contributed by atoms with van der Waals surface area (Å²) in [4.78, 5) is 53.7. The molecular formula is C17H17FN6O4. The summed E-state index contributed by atoms with van der Waals surface area (Å²) >= 11 is 0. The maximum Gasteiger partial charge on any atom is 0.262 e. The van der Waals surface area contributed by atoms with Gasteiger partial charge in [0.05, 0.1) is 16.8 Å². The van der Waals surface area contributed by atoms with Crippen LogP contribution < -0.4 is 10.2 Å². The van der Waals surface area contributed by atoms with E-state index < -0.39 is 35.5 Å². The quantitative estimate of drug-likeness (QED) is 0.258. The van der Waals surface area contributed by atoms with Crippen molar-refractivity contribution < 1.29 is 23.6 Å². The third-order valence-corrected chi connectivity index (χ3v) is 4.73. The van der Waals surface area contributed by atoms with Crippen LogP contribution in [0.15, 0.2) is 17.2 Å². The fraction of sp³-hybridized carbons (Fsp3) is 0.412. The van der Waals surface area contributed by atoms with Gasteiger partial charge in [0.1, 0.15) is 11.9 Å². The minimum absolute atomic E-state index is 0.00740. The molecule has 2 aliphatic rings. The number of halogens is 1. The molecule has 1 saturated heterocycles. The van der Waals surface area contributed by atoms with Crippen molar-refractivity contribution in [3.05, 3.63) is 39.5 Å². The molecule has 1 aromatic carbocycles. The Labute approximate surface area is 158 Å². The van der Waals surface area contributed by atoms with Crippen LogP contribution in [0.25, 0.3) is 10.4 Å². The number of fused-ring (bicyclic) bond motifs is 1. The first-order chi connectivity index (χ1) is 13.3. The predicted molar refractivity (Wildman–Crippen MR) is 95.0 cm³/mol. The number of piperidine rings is 1. The van der Waals surface area contributed by atoms with E-state index in [2.05, 4.69) is 15.3 Å². The lowest BCUT2D eigenvalue weighted by Gasteiger charge is -2.27. The summed E-state index contributed by atoms with van der Waals surface area (Å²) in [7, 11) is 1.61. The number of azide groups is 1. The van der Waals surface area contributed by atoms with E-state index in [4.69, 9.17) is 5.53 Å². The monoisotopic (exact) mass is 388 g/mol. The number of hydrogen-bond donors (Lipinski definition) is 1. The number of nitrogens with one attached hydrogen (secondary N) is 1. The summed E-state index contributed by atoms with van der Waals surface area (Å²) in [6.45, 7) is 0.613. The largest absolute Gasteiger partial charge is 0.372 e. The molecule has 1 aromatic rings. The van der Waals surface area contributed by atoms with Gasteiger partial charge in [-0.05, 0) is 30.5 Å². The van der Waals surface area contributed by atoms with Crippen LogP contribution in [0.4, 0.5) is 10.1 Å². The molecule has 28 heavy (non-hydrogen) atoms. The Bertz CT molecular complexity index is 926. The molecule has 0 bridgehead atoms. The SMILES string of the molecule is CN(CCCN=[N+]=[N-])c1cc2c(cc1F)C(=O)N(C1CCC(=O)NC1=O)C2=O. The third kappa shape index (κ3) is 3.39. The Kier molecular flexibility index (Phi) is 5.27. The molecule has 0 spiro atoms. The molecule has 11 heteroatoms. The highest BCUT2D eigenvalue weighted by atomic mass is 19.1. The van der Waals surface area contributed by atoms with Gasteiger partial charge in [-0.3, -0.25) is 29.4 Å². The minimum atomic E-state index is -1.10. The fourth-order valence-corrected chi connectivity index (χ4v) is 3.32. The molecular weight excluding hydrogens is 371 g/mol. The van der Waals surface area contributed by atoms with Crippen LogP contribution in [0, 0.1) is 5.82 Å². The minimum Gasteiger partial charge on any atom is -0.372 e. The number of hydrogen-bond acceptors (Lipinski definition) is 6. The van der Waals surface area contributed by atoms with Crippen molar-refractivity contribution in [1.82, 2.24) is 10.2 Å². The Morgan fingerprint density at radius 2 is 1.96 bits per heavy atom. The molecule has 1 unspecified atom stereocenters. The Hall–Kier alpha value is -3.46. The second kappa shape index (κ2) is 7.65. The van der Waals surface area contributed by atoms with Gasteiger partial charge < -0.3 is 4.90 Å². The van der Waals surface area contributed by atoms with E-state index in [1.54, 1.807) is 11.9 Å². The standard InChI is InChI=1S/C17H17FN6O4/c1-23(6-2-5-20-22-19)13-8-10-9(7-11(13)18)16(27)24(17(10)28)12-3-4-14(25)21-15(12)26/h7-8,12H,2-6H2,1H3,(H,21,25,26). The van der Waals surface area contributed by atoms with Crippen LogP contribution >= 0.6 is 0 Å². The number of nitrogens with zero attached hydrogens (tertiary/aromatic N) is 5. The van der Waals surface area contributed by atoms with Gasteiger partial charge >= 0.3 is 0 Å². The van der Waals surface area contributed by atoms with Gasteiger partial charge in [-0.25, -0.2) is 4.39 Å². The zero-order chi connectivity index (χ0) is 20.4. The summed E-state index contributed by atoms with van der Waals surface area (Å²) in [5.41, 5.74) is 8.29. The van der Waals surface area contributed by atoms with Crippen LogP contribution in [0.5, 0.6) is 0 Å². The van der Waals surface area contributed by atoms with E-state index in [-0.39, 0.29) is 36.2 Å². The molecule has 1 atom stereocenters. The first-order valence-corrected chi connectivity index (χ1v) is 8.62. The molecule has 0 aromatic heterocycles. The van der Waals surface area contributed by atoms with Crippen molar-refractivity contribution in [2.75, 3.05) is 25.0 Å². The van der Waals surface area contributed by atoms with Gasteiger partial charge in [0.15, 0.2) is 0 Å². The number of carbonyl (C=O) groups is 4. The number of benzene rings is 1. The molecule has 1 fully saturated rings. The second-order valence-electron chi connectivity index (χ2n) is 6.53. The molecule has 1 N–H and O–H groups in total. The molecule has 0 radical (unpaired) electrons. The maximum atomic E-state index is 14.5. The summed E-state index contributed by atoms with van der Waals surface area (Å²) in [6.07, 6.45) is 0.522. The van der Waals surface area contributed by atoms with Gasteiger partial charge in [0.25, 0.3) is 11.8 Å². The lowest BCUT2D eigenvalue weighted by molar-refractivity contribution is -0.136. The average Bonchev–Trinajstić information content (AvgIpc) is 2.88. The highest BCUT2D eigenvalue weighted by Crippen LogP contribution is 2.32. The molecule has 0 saturated carbocycles. The van der Waals surface area contributed by atoms with Gasteiger partial charge in [0.2, 0.25) is 11.8 Å². The van der Waals surface area contributed by atoms with Gasteiger partial charge in [-0.15, -0.1) is 0 Å². The van der Waals surface area contributed by atoms with Crippen LogP contribution in [0.2, 0.25) is 0 Å². The van der Waals surface area contributed by atoms with E-state index in [1.807, 2.05) is 0 Å². The Balaban J connectivity index is 1.85. The van der Waals surface area contributed by atoms with Crippen molar-refractivity contribution in [3.63, 3.8) is 0 Å². The zero-order valence-corrected chi connectivity index (χ0v) is 15.0. The van der Waals surface area contributed by atoms with Crippen molar-refractivity contribution in [1.29, 1.82) is 0 Å². The lowest BCUT2D eigenvalue weighted by Crippen LogP contribution is -2.54. The Morgan fingerprint density at radius 3 is 2.61 bits per heavy atom. The van der Waals surface area contributed by atoms with Crippen molar-refractivity contribution in [3.8, 4) is 0 Å². The summed E-state index contributed by atoms with van der Waals surface area (Å²) in [5, 5.41) is 5.51. The predicted octanol–water partition coefficient (Wildman–Crippen LogP) is 1.36. The molecule has 0 aliphatic carbocycles. The number of carbonyl (C=O) groups excluding carboxylic acids is 4. The van der Waals surface area contributed by atoms with Crippen LogP contribution in [0.3, 0.4) is 0 Å². The molecule has 3 rings (SSSR count).